The lowest BCUT2D eigenvalue weighted by Crippen LogP contribution is -2.41. The fourth-order valence-electron chi connectivity index (χ4n) is 2.39. The first-order valence-electron chi connectivity index (χ1n) is 8.81. The van der Waals surface area contributed by atoms with E-state index in [0.717, 1.165) is 17.7 Å². The van der Waals surface area contributed by atoms with Crippen molar-refractivity contribution in [3.63, 3.8) is 0 Å². The molecule has 25 heavy (non-hydrogen) atoms. The van der Waals surface area contributed by atoms with E-state index < -0.39 is 0 Å². The number of nitrogens with two attached hydrogens (primary N) is 1. The van der Waals surface area contributed by atoms with Crippen molar-refractivity contribution in [3.05, 3.63) is 29.8 Å². The minimum atomic E-state index is -0.351. The van der Waals surface area contributed by atoms with Crippen LogP contribution in [-0.4, -0.2) is 31.5 Å². The Bertz CT molecular complexity index is 559. The molecule has 0 aliphatic heterocycles. The number of para-hydroxylation sites is 1. The predicted molar refractivity (Wildman–Crippen MR) is 99.2 cm³/mol. The van der Waals surface area contributed by atoms with E-state index in [4.69, 9.17) is 10.5 Å². The molecular weight excluding hydrogens is 318 g/mol. The van der Waals surface area contributed by atoms with Crippen LogP contribution in [-0.2, 0) is 9.59 Å². The lowest BCUT2D eigenvalue weighted by molar-refractivity contribution is -0.125. The number of amides is 2. The molecule has 1 unspecified atom stereocenters. The van der Waals surface area contributed by atoms with Crippen LogP contribution < -0.4 is 21.1 Å². The molecule has 1 rings (SSSR count). The van der Waals surface area contributed by atoms with E-state index >= 15 is 0 Å². The monoisotopic (exact) mass is 349 g/mol. The number of ether oxygens (including phenoxy) is 1. The fraction of sp³-hybridized carbons (Fsp3) is 0.579. The minimum absolute atomic E-state index is 0.0837. The van der Waals surface area contributed by atoms with E-state index in [2.05, 4.69) is 38.3 Å². The number of benzene rings is 1. The molecule has 0 radical (unpaired) electrons. The van der Waals surface area contributed by atoms with Crippen molar-refractivity contribution in [1.82, 2.24) is 10.6 Å². The Hall–Kier alpha value is -2.08. The summed E-state index contributed by atoms with van der Waals surface area (Å²) in [5.41, 5.74) is 6.19. The highest BCUT2D eigenvalue weighted by Crippen LogP contribution is 2.29. The second kappa shape index (κ2) is 10.7. The van der Waals surface area contributed by atoms with Crippen LogP contribution in [0.15, 0.2) is 24.3 Å². The molecule has 4 N–H and O–H groups in total. The van der Waals surface area contributed by atoms with Gasteiger partial charge in [-0.05, 0) is 24.3 Å². The first-order valence-corrected chi connectivity index (χ1v) is 8.81. The maximum atomic E-state index is 12.2. The van der Waals surface area contributed by atoms with Crippen molar-refractivity contribution < 1.29 is 14.3 Å². The summed E-state index contributed by atoms with van der Waals surface area (Å²) in [6.07, 6.45) is 0.776. The molecular formula is C19H31N3O3. The van der Waals surface area contributed by atoms with Gasteiger partial charge in [-0.1, -0.05) is 45.9 Å². The highest BCUT2D eigenvalue weighted by Gasteiger charge is 2.20. The number of nitrogens with one attached hydrogen (secondary N) is 2. The van der Waals surface area contributed by atoms with Gasteiger partial charge >= 0.3 is 0 Å². The maximum Gasteiger partial charge on any atom is 0.239 e. The van der Waals surface area contributed by atoms with E-state index in [1.807, 2.05) is 24.3 Å². The Labute approximate surface area is 150 Å². The molecule has 0 fully saturated rings. The zero-order chi connectivity index (χ0) is 18.8. The summed E-state index contributed by atoms with van der Waals surface area (Å²) in [5, 5.41) is 5.49. The van der Waals surface area contributed by atoms with Crippen LogP contribution in [0.1, 0.15) is 45.7 Å². The third-order valence-electron chi connectivity index (χ3n) is 3.54. The lowest BCUT2D eigenvalue weighted by Gasteiger charge is -2.24. The first kappa shape index (κ1) is 21.0. The summed E-state index contributed by atoms with van der Waals surface area (Å²) >= 11 is 0. The van der Waals surface area contributed by atoms with Gasteiger partial charge in [-0.3, -0.25) is 9.59 Å². The molecule has 0 aliphatic carbocycles. The molecule has 0 aromatic heterocycles. The average Bonchev–Trinajstić information content (AvgIpc) is 2.57. The van der Waals surface area contributed by atoms with Crippen molar-refractivity contribution in [2.24, 2.45) is 17.6 Å². The third kappa shape index (κ3) is 8.03. The smallest absolute Gasteiger partial charge is 0.239 e. The second-order valence-corrected chi connectivity index (χ2v) is 6.97. The molecule has 140 valence electrons. The van der Waals surface area contributed by atoms with Crippen molar-refractivity contribution >= 4 is 11.8 Å². The normalized spacial score (nSPS) is 12.1. The fourth-order valence-corrected chi connectivity index (χ4v) is 2.39. The van der Waals surface area contributed by atoms with Gasteiger partial charge in [-0.2, -0.15) is 0 Å². The summed E-state index contributed by atoms with van der Waals surface area (Å²) in [7, 11) is 0. The van der Waals surface area contributed by atoms with E-state index in [9.17, 15) is 9.59 Å². The summed E-state index contributed by atoms with van der Waals surface area (Å²) in [5.74, 6) is 0.996. The van der Waals surface area contributed by atoms with Gasteiger partial charge in [-0.15, -0.1) is 0 Å². The Morgan fingerprint density at radius 1 is 1.08 bits per heavy atom. The first-order chi connectivity index (χ1) is 11.8. The maximum absolute atomic E-state index is 12.2. The molecule has 0 aliphatic rings. The van der Waals surface area contributed by atoms with Crippen LogP contribution >= 0.6 is 0 Å². The minimum Gasteiger partial charge on any atom is -0.493 e. The highest BCUT2D eigenvalue weighted by atomic mass is 16.5. The summed E-state index contributed by atoms with van der Waals surface area (Å²) in [4.78, 5) is 23.4. The Morgan fingerprint density at radius 2 is 1.76 bits per heavy atom. The zero-order valence-corrected chi connectivity index (χ0v) is 15.7. The van der Waals surface area contributed by atoms with Crippen LogP contribution in [0.5, 0.6) is 5.75 Å². The number of hydrogen-bond acceptors (Lipinski definition) is 4. The van der Waals surface area contributed by atoms with Gasteiger partial charge in [0.1, 0.15) is 5.75 Å². The highest BCUT2D eigenvalue weighted by molar-refractivity contribution is 5.85. The number of hydrogen-bond donors (Lipinski definition) is 3. The second-order valence-electron chi connectivity index (χ2n) is 6.97. The zero-order valence-electron chi connectivity index (χ0n) is 15.7. The molecule has 0 heterocycles. The van der Waals surface area contributed by atoms with Crippen molar-refractivity contribution in [1.29, 1.82) is 0 Å². The molecule has 0 saturated heterocycles. The van der Waals surface area contributed by atoms with Crippen LogP contribution in [0.2, 0.25) is 0 Å². The standard InChI is InChI=1S/C19H31N3O3/c1-13(2)9-16(22-19(24)11-21-18(23)10-20)15-7-5-6-8-17(15)25-12-14(3)4/h5-8,13-14,16H,9-12,20H2,1-4H3,(H,21,23)(H,22,24). The van der Waals surface area contributed by atoms with Gasteiger partial charge in [-0.25, -0.2) is 0 Å². The molecule has 1 aromatic rings. The van der Waals surface area contributed by atoms with Gasteiger partial charge in [0.05, 0.1) is 25.7 Å². The Morgan fingerprint density at radius 3 is 2.36 bits per heavy atom. The lowest BCUT2D eigenvalue weighted by atomic mass is 9.96. The van der Waals surface area contributed by atoms with Crippen LogP contribution in [0.4, 0.5) is 0 Å². The quantitative estimate of drug-likeness (QED) is 0.602. The van der Waals surface area contributed by atoms with E-state index in [0.29, 0.717) is 18.4 Å². The Balaban J connectivity index is 2.87. The van der Waals surface area contributed by atoms with Crippen LogP contribution in [0.25, 0.3) is 0 Å². The summed E-state index contributed by atoms with van der Waals surface area (Å²) in [6, 6.07) is 7.59. The van der Waals surface area contributed by atoms with Crippen molar-refractivity contribution in [2.75, 3.05) is 19.7 Å². The van der Waals surface area contributed by atoms with Gasteiger partial charge < -0.3 is 21.1 Å². The molecule has 6 nitrogen and oxygen atoms in total. The topological polar surface area (TPSA) is 93.5 Å². The SMILES string of the molecule is CC(C)COc1ccccc1C(CC(C)C)NC(=O)CNC(=O)CN. The molecule has 0 bridgehead atoms. The van der Waals surface area contributed by atoms with E-state index in [1.165, 1.54) is 0 Å². The largest absolute Gasteiger partial charge is 0.493 e. The van der Waals surface area contributed by atoms with E-state index in [1.54, 1.807) is 0 Å². The van der Waals surface area contributed by atoms with Gasteiger partial charge in [0, 0.05) is 5.56 Å². The van der Waals surface area contributed by atoms with Crippen molar-refractivity contribution in [3.8, 4) is 5.75 Å². The number of rotatable bonds is 10. The Kier molecular flexibility index (Phi) is 8.99. The number of carbonyl (C=O) groups is 2. The molecule has 0 spiro atoms. The van der Waals surface area contributed by atoms with Crippen LogP contribution in [0, 0.1) is 11.8 Å². The molecule has 2 amide bonds. The number of carbonyl (C=O) groups excluding carboxylic acids is 2. The van der Waals surface area contributed by atoms with Crippen LogP contribution in [0.3, 0.4) is 0 Å². The summed E-state index contributed by atoms with van der Waals surface area (Å²) in [6.45, 7) is 8.80. The molecule has 0 saturated carbocycles. The van der Waals surface area contributed by atoms with Gasteiger partial charge in [0.2, 0.25) is 11.8 Å². The van der Waals surface area contributed by atoms with Gasteiger partial charge in [0.25, 0.3) is 0 Å². The predicted octanol–water partition coefficient (Wildman–Crippen LogP) is 2.00. The molecule has 6 heteroatoms. The molecule has 1 aromatic carbocycles. The van der Waals surface area contributed by atoms with Crippen molar-refractivity contribution in [2.45, 2.75) is 40.2 Å². The summed E-state index contributed by atoms with van der Waals surface area (Å²) < 4.78 is 5.92. The third-order valence-corrected chi connectivity index (χ3v) is 3.54. The molecule has 1 atom stereocenters. The van der Waals surface area contributed by atoms with E-state index in [-0.39, 0.29) is 30.9 Å². The van der Waals surface area contributed by atoms with Gasteiger partial charge in [0.15, 0.2) is 0 Å². The average molecular weight is 349 g/mol.